The highest BCUT2D eigenvalue weighted by atomic mass is 16.3. The maximum atomic E-state index is 13.5. The van der Waals surface area contributed by atoms with Crippen molar-refractivity contribution in [3.05, 3.63) is 65.1 Å². The van der Waals surface area contributed by atoms with E-state index < -0.39 is 35.9 Å². The SMILES string of the molecule is Cc1ccc2cc1CCCNC(=O)CN(C(=O)c1ccn3ncnc3c1)C[C@@H](C)NC(=O)[C@H]([C@@H](C)O)NC2=O. The first kappa shape index (κ1) is 27.7. The van der Waals surface area contributed by atoms with Gasteiger partial charge >= 0.3 is 0 Å². The van der Waals surface area contributed by atoms with Gasteiger partial charge in [-0.1, -0.05) is 6.07 Å². The van der Waals surface area contributed by atoms with E-state index in [1.165, 1.54) is 22.7 Å². The largest absolute Gasteiger partial charge is 0.391 e. The lowest BCUT2D eigenvalue weighted by atomic mass is 10.00. The van der Waals surface area contributed by atoms with Crippen LogP contribution in [0.4, 0.5) is 0 Å². The maximum absolute atomic E-state index is 13.5. The Kier molecular flexibility index (Phi) is 8.55. The summed E-state index contributed by atoms with van der Waals surface area (Å²) >= 11 is 0. The monoisotopic (exact) mass is 535 g/mol. The summed E-state index contributed by atoms with van der Waals surface area (Å²) in [5.74, 6) is -1.84. The van der Waals surface area contributed by atoms with Crippen molar-refractivity contribution in [3.8, 4) is 0 Å². The molecule has 3 atom stereocenters. The minimum Gasteiger partial charge on any atom is -0.391 e. The Morgan fingerprint density at radius 3 is 2.72 bits per heavy atom. The van der Waals surface area contributed by atoms with E-state index in [1.807, 2.05) is 13.0 Å². The van der Waals surface area contributed by atoms with Crippen LogP contribution in [0.2, 0.25) is 0 Å². The Labute approximate surface area is 225 Å². The van der Waals surface area contributed by atoms with Crippen LogP contribution in [-0.4, -0.2) is 86.1 Å². The number of benzene rings is 1. The molecule has 1 aromatic carbocycles. The van der Waals surface area contributed by atoms with E-state index in [1.54, 1.807) is 37.4 Å². The van der Waals surface area contributed by atoms with Gasteiger partial charge < -0.3 is 26.0 Å². The Hall–Kier alpha value is -4.32. The van der Waals surface area contributed by atoms with E-state index in [2.05, 4.69) is 26.0 Å². The molecule has 39 heavy (non-hydrogen) atoms. The molecule has 12 nitrogen and oxygen atoms in total. The molecule has 3 heterocycles. The lowest BCUT2D eigenvalue weighted by Gasteiger charge is -2.28. The van der Waals surface area contributed by atoms with Gasteiger partial charge in [-0.3, -0.25) is 19.2 Å². The normalized spacial score (nSPS) is 20.5. The van der Waals surface area contributed by atoms with E-state index >= 15 is 0 Å². The lowest BCUT2D eigenvalue weighted by Crippen LogP contribution is -2.56. The third-order valence-electron chi connectivity index (χ3n) is 6.64. The zero-order valence-electron chi connectivity index (χ0n) is 22.2. The van der Waals surface area contributed by atoms with Crippen molar-refractivity contribution in [2.24, 2.45) is 0 Å². The Morgan fingerprint density at radius 2 is 1.95 bits per heavy atom. The van der Waals surface area contributed by atoms with Gasteiger partial charge in [0.2, 0.25) is 11.8 Å². The van der Waals surface area contributed by atoms with Gasteiger partial charge in [0.15, 0.2) is 5.65 Å². The van der Waals surface area contributed by atoms with Gasteiger partial charge in [0.25, 0.3) is 11.8 Å². The average molecular weight is 536 g/mol. The van der Waals surface area contributed by atoms with Crippen LogP contribution in [0.5, 0.6) is 0 Å². The number of nitrogens with zero attached hydrogens (tertiary/aromatic N) is 4. The van der Waals surface area contributed by atoms with Crippen LogP contribution in [0.25, 0.3) is 5.65 Å². The minimum atomic E-state index is -1.22. The number of aryl methyl sites for hydroxylation is 2. The number of hydrogen-bond acceptors (Lipinski definition) is 7. The molecule has 0 unspecified atom stereocenters. The third-order valence-corrected chi connectivity index (χ3v) is 6.64. The quantitative estimate of drug-likeness (QED) is 0.366. The molecule has 2 aromatic heterocycles. The topological polar surface area (TPSA) is 158 Å². The second kappa shape index (κ2) is 12.0. The van der Waals surface area contributed by atoms with E-state index in [0.29, 0.717) is 36.2 Å². The second-order valence-electron chi connectivity index (χ2n) is 9.86. The number of aliphatic hydroxyl groups excluding tert-OH is 1. The molecule has 3 aromatic rings. The fourth-order valence-corrected chi connectivity index (χ4v) is 4.51. The Morgan fingerprint density at radius 1 is 1.15 bits per heavy atom. The summed E-state index contributed by atoms with van der Waals surface area (Å²) < 4.78 is 1.52. The zero-order chi connectivity index (χ0) is 28.1. The predicted molar refractivity (Wildman–Crippen MR) is 142 cm³/mol. The summed E-state index contributed by atoms with van der Waals surface area (Å²) in [6.07, 6.45) is 3.05. The number of fused-ring (bicyclic) bond motifs is 3. The summed E-state index contributed by atoms with van der Waals surface area (Å²) in [5, 5.41) is 22.6. The summed E-state index contributed by atoms with van der Waals surface area (Å²) in [7, 11) is 0. The van der Waals surface area contributed by atoms with Crippen molar-refractivity contribution in [3.63, 3.8) is 0 Å². The van der Waals surface area contributed by atoms with E-state index in [4.69, 9.17) is 0 Å². The van der Waals surface area contributed by atoms with Crippen LogP contribution in [0.15, 0.2) is 42.9 Å². The highest BCUT2D eigenvalue weighted by Crippen LogP contribution is 2.14. The van der Waals surface area contributed by atoms with Crippen molar-refractivity contribution in [1.29, 1.82) is 0 Å². The molecule has 0 fully saturated rings. The summed E-state index contributed by atoms with van der Waals surface area (Å²) in [6, 6.07) is 6.60. The minimum absolute atomic E-state index is 0.0102. The van der Waals surface area contributed by atoms with Gasteiger partial charge in [0.05, 0.1) is 12.6 Å². The van der Waals surface area contributed by atoms with Crippen molar-refractivity contribution >= 4 is 29.3 Å². The molecular formula is C27H33N7O5. The molecule has 0 aliphatic carbocycles. The van der Waals surface area contributed by atoms with Gasteiger partial charge in [-0.25, -0.2) is 9.50 Å². The van der Waals surface area contributed by atoms with E-state index in [0.717, 1.165) is 11.1 Å². The molecule has 4 rings (SSSR count). The number of rotatable bonds is 2. The van der Waals surface area contributed by atoms with E-state index in [-0.39, 0.29) is 19.0 Å². The second-order valence-corrected chi connectivity index (χ2v) is 9.86. The summed E-state index contributed by atoms with van der Waals surface area (Å²) in [6.45, 7) is 5.21. The standard InChI is InChI=1S/C27H33N7O5/c1-16-6-7-20-11-19(16)5-4-9-28-23(36)14-33(27(39)21-8-10-34-22(12-21)29-15-30-34)13-17(2)31-26(38)24(18(3)35)32-25(20)37/h6-8,10-12,15,17-18,24,35H,4-5,9,13-14H2,1-3H3,(H,28,36)(H,31,38)(H,32,37)/t17-,18-,24+/m1/s1. The van der Waals surface area contributed by atoms with Crippen molar-refractivity contribution in [2.45, 2.75) is 51.8 Å². The first-order valence-electron chi connectivity index (χ1n) is 12.9. The first-order valence-corrected chi connectivity index (χ1v) is 12.9. The number of nitrogens with one attached hydrogen (secondary N) is 3. The van der Waals surface area contributed by atoms with Gasteiger partial charge in [-0.15, -0.1) is 0 Å². The van der Waals surface area contributed by atoms with Gasteiger partial charge in [0.1, 0.15) is 12.4 Å². The van der Waals surface area contributed by atoms with Crippen LogP contribution in [0.1, 0.15) is 52.1 Å². The Balaban J connectivity index is 1.60. The highest BCUT2D eigenvalue weighted by molar-refractivity contribution is 5.98. The molecule has 1 aliphatic rings. The number of aromatic nitrogens is 3. The molecule has 0 radical (unpaired) electrons. The summed E-state index contributed by atoms with van der Waals surface area (Å²) in [5.41, 5.74) is 3.10. The average Bonchev–Trinajstić information content (AvgIpc) is 3.37. The molecule has 1 aliphatic heterocycles. The summed E-state index contributed by atoms with van der Waals surface area (Å²) in [4.78, 5) is 57.8. The molecule has 2 bridgehead atoms. The molecule has 4 N–H and O–H groups in total. The molecule has 206 valence electrons. The predicted octanol–water partition coefficient (Wildman–Crippen LogP) is 0.226. The van der Waals surface area contributed by atoms with Crippen LogP contribution < -0.4 is 16.0 Å². The molecule has 0 spiro atoms. The fourth-order valence-electron chi connectivity index (χ4n) is 4.51. The van der Waals surface area contributed by atoms with Crippen LogP contribution in [0.3, 0.4) is 0 Å². The number of carbonyl (C=O) groups is 4. The molecule has 0 saturated carbocycles. The molecular weight excluding hydrogens is 502 g/mol. The first-order chi connectivity index (χ1) is 18.6. The number of pyridine rings is 1. The fraction of sp³-hybridized carbons (Fsp3) is 0.407. The van der Waals surface area contributed by atoms with Gasteiger partial charge in [-0.05, 0) is 69.0 Å². The lowest BCUT2D eigenvalue weighted by molar-refractivity contribution is -0.126. The van der Waals surface area contributed by atoms with E-state index in [9.17, 15) is 24.3 Å². The van der Waals surface area contributed by atoms with Crippen molar-refractivity contribution < 1.29 is 24.3 Å². The smallest absolute Gasteiger partial charge is 0.254 e. The number of amides is 4. The Bertz CT molecular complexity index is 1390. The highest BCUT2D eigenvalue weighted by Gasteiger charge is 2.29. The number of hydrogen-bond donors (Lipinski definition) is 4. The molecule has 0 saturated heterocycles. The number of aliphatic hydroxyl groups is 1. The maximum Gasteiger partial charge on any atom is 0.254 e. The van der Waals surface area contributed by atoms with Crippen molar-refractivity contribution in [1.82, 2.24) is 35.4 Å². The van der Waals surface area contributed by atoms with Gasteiger partial charge in [0, 0.05) is 36.5 Å². The number of carbonyl (C=O) groups excluding carboxylic acids is 4. The third kappa shape index (κ3) is 6.77. The molecule has 4 amide bonds. The van der Waals surface area contributed by atoms with Crippen LogP contribution >= 0.6 is 0 Å². The van der Waals surface area contributed by atoms with Crippen molar-refractivity contribution in [2.75, 3.05) is 19.6 Å². The van der Waals surface area contributed by atoms with Crippen LogP contribution in [0, 0.1) is 6.92 Å². The molecule has 12 heteroatoms. The van der Waals surface area contributed by atoms with Gasteiger partial charge in [-0.2, -0.15) is 5.10 Å². The zero-order valence-corrected chi connectivity index (χ0v) is 22.2. The van der Waals surface area contributed by atoms with Crippen LogP contribution in [-0.2, 0) is 16.0 Å².